The normalized spacial score (nSPS) is 18.5. The molecule has 1 aliphatic rings. The third-order valence-electron chi connectivity index (χ3n) is 4.35. The van der Waals surface area contributed by atoms with Crippen LogP contribution in [0.3, 0.4) is 0 Å². The van der Waals surface area contributed by atoms with E-state index in [-0.39, 0.29) is 11.5 Å². The minimum atomic E-state index is -1.09. The summed E-state index contributed by atoms with van der Waals surface area (Å²) in [6.45, 7) is 3.99. The van der Waals surface area contributed by atoms with Crippen molar-refractivity contribution in [3.8, 4) is 11.1 Å². The van der Waals surface area contributed by atoms with Gasteiger partial charge >= 0.3 is 6.09 Å². The van der Waals surface area contributed by atoms with Gasteiger partial charge in [0, 0.05) is 6.07 Å². The van der Waals surface area contributed by atoms with Crippen molar-refractivity contribution in [2.45, 2.75) is 26.3 Å². The van der Waals surface area contributed by atoms with Gasteiger partial charge in [0.15, 0.2) is 0 Å². The van der Waals surface area contributed by atoms with Crippen molar-refractivity contribution in [3.63, 3.8) is 0 Å². The van der Waals surface area contributed by atoms with Crippen molar-refractivity contribution in [1.29, 1.82) is 0 Å². The van der Waals surface area contributed by atoms with Crippen LogP contribution in [0.1, 0.15) is 31.0 Å². The Hall–Kier alpha value is -2.43. The van der Waals surface area contributed by atoms with Gasteiger partial charge in [0.2, 0.25) is 0 Å². The number of benzene rings is 2. The van der Waals surface area contributed by atoms with Crippen molar-refractivity contribution in [2.75, 3.05) is 0 Å². The zero-order chi connectivity index (χ0) is 16.8. The van der Waals surface area contributed by atoms with E-state index in [9.17, 15) is 13.6 Å². The van der Waals surface area contributed by atoms with Gasteiger partial charge in [-0.1, -0.05) is 26.0 Å². The number of halogens is 2. The Morgan fingerprint density at radius 3 is 2.39 bits per heavy atom. The molecule has 2 aromatic carbocycles. The minimum Gasteiger partial charge on any atom is -0.465 e. The topological polar surface area (TPSA) is 49.3 Å². The second-order valence-electron chi connectivity index (χ2n) is 6.62. The first-order valence-corrected chi connectivity index (χ1v) is 7.35. The summed E-state index contributed by atoms with van der Waals surface area (Å²) in [5, 5.41) is 11.6. The van der Waals surface area contributed by atoms with Gasteiger partial charge in [-0.2, -0.15) is 0 Å². The zero-order valence-corrected chi connectivity index (χ0v) is 12.9. The molecule has 3 rings (SSSR count). The SMILES string of the molecule is CC1(C)Cc2ccc(-c3cc(F)cc(F)c3)cc2C1NC(=O)O. The Balaban J connectivity index is 2.07. The highest BCUT2D eigenvalue weighted by Crippen LogP contribution is 2.46. The quantitative estimate of drug-likeness (QED) is 0.855. The van der Waals surface area contributed by atoms with Crippen molar-refractivity contribution in [2.24, 2.45) is 5.41 Å². The molecule has 0 radical (unpaired) electrons. The van der Waals surface area contributed by atoms with E-state index in [1.54, 1.807) is 0 Å². The molecule has 1 aliphatic carbocycles. The predicted molar refractivity (Wildman–Crippen MR) is 83.2 cm³/mol. The van der Waals surface area contributed by atoms with Gasteiger partial charge in [0.05, 0.1) is 6.04 Å². The van der Waals surface area contributed by atoms with Gasteiger partial charge in [-0.25, -0.2) is 13.6 Å². The fourth-order valence-electron chi connectivity index (χ4n) is 3.34. The van der Waals surface area contributed by atoms with E-state index < -0.39 is 17.7 Å². The van der Waals surface area contributed by atoms with Crippen LogP contribution in [0.15, 0.2) is 36.4 Å². The molecule has 0 bridgehead atoms. The van der Waals surface area contributed by atoms with E-state index >= 15 is 0 Å². The van der Waals surface area contributed by atoms with Gasteiger partial charge < -0.3 is 10.4 Å². The lowest BCUT2D eigenvalue weighted by Gasteiger charge is -2.27. The van der Waals surface area contributed by atoms with Crippen molar-refractivity contribution < 1.29 is 18.7 Å². The van der Waals surface area contributed by atoms with Crippen LogP contribution in [-0.2, 0) is 6.42 Å². The fourth-order valence-corrected chi connectivity index (χ4v) is 3.34. The molecule has 0 fully saturated rings. The largest absolute Gasteiger partial charge is 0.465 e. The fraction of sp³-hybridized carbons (Fsp3) is 0.278. The molecule has 120 valence electrons. The molecule has 23 heavy (non-hydrogen) atoms. The highest BCUT2D eigenvalue weighted by atomic mass is 19.1. The van der Waals surface area contributed by atoms with Crippen LogP contribution >= 0.6 is 0 Å². The average molecular weight is 317 g/mol. The van der Waals surface area contributed by atoms with Crippen molar-refractivity contribution in [1.82, 2.24) is 5.32 Å². The van der Waals surface area contributed by atoms with E-state index in [0.29, 0.717) is 11.1 Å². The number of rotatable bonds is 2. The molecule has 1 unspecified atom stereocenters. The van der Waals surface area contributed by atoms with Crippen molar-refractivity contribution >= 4 is 6.09 Å². The maximum Gasteiger partial charge on any atom is 0.405 e. The van der Waals surface area contributed by atoms with Crippen LogP contribution in [0.2, 0.25) is 0 Å². The summed E-state index contributed by atoms with van der Waals surface area (Å²) in [6, 6.07) is 8.54. The highest BCUT2D eigenvalue weighted by Gasteiger charge is 2.40. The minimum absolute atomic E-state index is 0.257. The van der Waals surface area contributed by atoms with Gasteiger partial charge in [0.25, 0.3) is 0 Å². The molecule has 3 nitrogen and oxygen atoms in total. The molecule has 5 heteroatoms. The molecule has 0 saturated heterocycles. The number of hydrogen-bond donors (Lipinski definition) is 2. The van der Waals surface area contributed by atoms with Crippen LogP contribution in [0, 0.1) is 17.0 Å². The molecule has 0 aliphatic heterocycles. The first-order chi connectivity index (χ1) is 10.8. The number of fused-ring (bicyclic) bond motifs is 1. The molecular formula is C18H17F2NO2. The molecule has 1 amide bonds. The van der Waals surface area contributed by atoms with Crippen LogP contribution in [0.5, 0.6) is 0 Å². The van der Waals surface area contributed by atoms with E-state index in [4.69, 9.17) is 5.11 Å². The van der Waals surface area contributed by atoms with Crippen molar-refractivity contribution in [3.05, 3.63) is 59.2 Å². The number of amides is 1. The lowest BCUT2D eigenvalue weighted by molar-refractivity contribution is 0.175. The summed E-state index contributed by atoms with van der Waals surface area (Å²) in [4.78, 5) is 11.1. The second kappa shape index (κ2) is 5.33. The predicted octanol–water partition coefficient (Wildman–Crippen LogP) is 4.52. The van der Waals surface area contributed by atoms with Gasteiger partial charge in [0.1, 0.15) is 11.6 Å². The lowest BCUT2D eigenvalue weighted by atomic mass is 9.85. The van der Waals surface area contributed by atoms with E-state index in [0.717, 1.165) is 23.6 Å². The molecule has 0 saturated carbocycles. The first-order valence-electron chi connectivity index (χ1n) is 7.35. The highest BCUT2D eigenvalue weighted by molar-refractivity contribution is 5.69. The molecule has 0 heterocycles. The Morgan fingerprint density at radius 1 is 1.13 bits per heavy atom. The van der Waals surface area contributed by atoms with E-state index in [2.05, 4.69) is 5.32 Å². The maximum atomic E-state index is 13.4. The van der Waals surface area contributed by atoms with E-state index in [1.165, 1.54) is 12.1 Å². The van der Waals surface area contributed by atoms with E-state index in [1.807, 2.05) is 32.0 Å². The molecular weight excluding hydrogens is 300 g/mol. The summed E-state index contributed by atoms with van der Waals surface area (Å²) in [7, 11) is 0. The standard InChI is InChI=1S/C18H17F2NO2/c1-18(2)9-11-4-3-10(7-15(11)16(18)21-17(22)23)12-5-13(19)8-14(20)6-12/h3-8,16,21H,9H2,1-2H3,(H,22,23). The van der Waals surface area contributed by atoms with Crippen LogP contribution < -0.4 is 5.32 Å². The third-order valence-corrected chi connectivity index (χ3v) is 4.35. The summed E-state index contributed by atoms with van der Waals surface area (Å²) in [5.74, 6) is -1.28. The van der Waals surface area contributed by atoms with Gasteiger partial charge in [-0.3, -0.25) is 0 Å². The van der Waals surface area contributed by atoms with Gasteiger partial charge in [-0.05, 0) is 52.3 Å². The van der Waals surface area contributed by atoms with Crippen LogP contribution in [0.25, 0.3) is 11.1 Å². The number of carbonyl (C=O) groups is 1. The average Bonchev–Trinajstić information content (AvgIpc) is 2.67. The summed E-state index contributed by atoms with van der Waals surface area (Å²) >= 11 is 0. The molecule has 0 spiro atoms. The molecule has 0 aromatic heterocycles. The monoisotopic (exact) mass is 317 g/mol. The molecule has 1 atom stereocenters. The number of hydrogen-bond acceptors (Lipinski definition) is 1. The smallest absolute Gasteiger partial charge is 0.405 e. The number of nitrogens with one attached hydrogen (secondary N) is 1. The first kappa shape index (κ1) is 15.5. The summed E-state index contributed by atoms with van der Waals surface area (Å²) < 4.78 is 26.9. The van der Waals surface area contributed by atoms with Crippen LogP contribution in [0.4, 0.5) is 13.6 Å². The van der Waals surface area contributed by atoms with Crippen LogP contribution in [-0.4, -0.2) is 11.2 Å². The molecule has 2 N–H and O–H groups in total. The maximum absolute atomic E-state index is 13.4. The van der Waals surface area contributed by atoms with Gasteiger partial charge in [-0.15, -0.1) is 0 Å². The number of carboxylic acid groups (broad SMARTS) is 1. The Labute approximate surface area is 133 Å². The third kappa shape index (κ3) is 2.91. The molecule has 2 aromatic rings. The zero-order valence-electron chi connectivity index (χ0n) is 12.9. The summed E-state index contributed by atoms with van der Waals surface area (Å²) in [6.07, 6.45) is -0.344. The Morgan fingerprint density at radius 2 is 1.78 bits per heavy atom. The summed E-state index contributed by atoms with van der Waals surface area (Å²) in [5.41, 5.74) is 2.75. The Bertz CT molecular complexity index is 766. The lowest BCUT2D eigenvalue weighted by Crippen LogP contribution is -2.34. The Kier molecular flexibility index (Phi) is 3.59. The second-order valence-corrected chi connectivity index (χ2v) is 6.62.